The van der Waals surface area contributed by atoms with Crippen molar-refractivity contribution in [3.63, 3.8) is 0 Å². The van der Waals surface area contributed by atoms with Crippen LogP contribution in [0.15, 0.2) is 77.8 Å². The van der Waals surface area contributed by atoms with Crippen molar-refractivity contribution in [2.24, 2.45) is 10.9 Å². The number of aliphatic imine (C=N–C) groups is 1. The van der Waals surface area contributed by atoms with Crippen molar-refractivity contribution in [3.05, 3.63) is 100 Å². The quantitative estimate of drug-likeness (QED) is 0.474. The number of carbonyl (C=O) groups excluding carboxylic acids is 2. The molecular weight excluding hydrogens is 458 g/mol. The number of carbonyl (C=O) groups is 2. The molecule has 1 N–H and O–H groups in total. The molecule has 0 aromatic heterocycles. The summed E-state index contributed by atoms with van der Waals surface area (Å²) in [7, 11) is 0. The fourth-order valence-electron chi connectivity index (χ4n) is 4.16. The van der Waals surface area contributed by atoms with Crippen molar-refractivity contribution in [2.75, 3.05) is 11.4 Å². The minimum atomic E-state index is -0.605. The van der Waals surface area contributed by atoms with Crippen molar-refractivity contribution in [2.45, 2.75) is 39.8 Å². The van der Waals surface area contributed by atoms with E-state index in [0.29, 0.717) is 23.0 Å². The number of benzene rings is 3. The van der Waals surface area contributed by atoms with Crippen LogP contribution < -0.4 is 10.2 Å². The zero-order chi connectivity index (χ0) is 24.9. The number of aryl methyl sites for hydroxylation is 1. The Kier molecular flexibility index (Phi) is 7.67. The Morgan fingerprint density at radius 2 is 1.80 bits per heavy atom. The standard InChI is InChI=1S/C29H30ClN3O2/c1-4-20(3)27-29(35)33(18-26(34)31-17-21-12-10-19(2)11-13-21)25-15-14-23(30)16-24(25)28(32-27)22-8-6-5-7-9-22/h5-16,20,27H,4,17-18H2,1-3H3,(H,31,34)/t20-,27+/m1/s1. The Morgan fingerprint density at radius 1 is 1.09 bits per heavy atom. The smallest absolute Gasteiger partial charge is 0.252 e. The summed E-state index contributed by atoms with van der Waals surface area (Å²) < 4.78 is 0. The average molecular weight is 488 g/mol. The number of anilines is 1. The second kappa shape index (κ2) is 10.9. The normalized spacial score (nSPS) is 16.2. The summed E-state index contributed by atoms with van der Waals surface area (Å²) in [6.45, 7) is 6.39. The number of nitrogens with one attached hydrogen (secondary N) is 1. The van der Waals surface area contributed by atoms with Crippen LogP contribution in [0, 0.1) is 12.8 Å². The molecule has 0 radical (unpaired) electrons. The molecule has 2 amide bonds. The van der Waals surface area contributed by atoms with Crippen molar-refractivity contribution in [1.29, 1.82) is 0 Å². The van der Waals surface area contributed by atoms with Gasteiger partial charge in [-0.15, -0.1) is 0 Å². The summed E-state index contributed by atoms with van der Waals surface area (Å²) >= 11 is 6.39. The Morgan fingerprint density at radius 3 is 2.49 bits per heavy atom. The van der Waals surface area contributed by atoms with Gasteiger partial charge >= 0.3 is 0 Å². The lowest BCUT2D eigenvalue weighted by Gasteiger charge is -2.26. The van der Waals surface area contributed by atoms with E-state index in [1.807, 2.05) is 81.4 Å². The van der Waals surface area contributed by atoms with E-state index >= 15 is 0 Å². The van der Waals surface area contributed by atoms with Crippen LogP contribution in [0.2, 0.25) is 5.02 Å². The summed E-state index contributed by atoms with van der Waals surface area (Å²) in [5.74, 6) is -0.408. The third-order valence-corrected chi connectivity index (χ3v) is 6.67. The van der Waals surface area contributed by atoms with Gasteiger partial charge in [-0.25, -0.2) is 0 Å². The van der Waals surface area contributed by atoms with E-state index in [4.69, 9.17) is 16.6 Å². The topological polar surface area (TPSA) is 61.8 Å². The highest BCUT2D eigenvalue weighted by molar-refractivity contribution is 6.32. The SMILES string of the molecule is CC[C@@H](C)[C@@H]1N=C(c2ccccc2)c2cc(Cl)ccc2N(CC(=O)NCc2ccc(C)cc2)C1=O. The Balaban J connectivity index is 1.70. The number of hydrogen-bond acceptors (Lipinski definition) is 3. The lowest BCUT2D eigenvalue weighted by Crippen LogP contribution is -2.46. The first-order valence-electron chi connectivity index (χ1n) is 11.9. The first-order chi connectivity index (χ1) is 16.9. The average Bonchev–Trinajstić information content (AvgIpc) is 2.98. The highest BCUT2D eigenvalue weighted by atomic mass is 35.5. The highest BCUT2D eigenvalue weighted by Gasteiger charge is 2.35. The van der Waals surface area contributed by atoms with Gasteiger partial charge in [0.1, 0.15) is 12.6 Å². The monoisotopic (exact) mass is 487 g/mol. The maximum Gasteiger partial charge on any atom is 0.252 e. The molecule has 4 rings (SSSR count). The molecule has 35 heavy (non-hydrogen) atoms. The van der Waals surface area contributed by atoms with Gasteiger partial charge in [0.25, 0.3) is 5.91 Å². The minimum Gasteiger partial charge on any atom is -0.350 e. The molecule has 180 valence electrons. The van der Waals surface area contributed by atoms with E-state index in [1.165, 1.54) is 0 Å². The zero-order valence-electron chi connectivity index (χ0n) is 20.3. The molecule has 0 fully saturated rings. The van der Waals surface area contributed by atoms with Gasteiger partial charge in [-0.05, 0) is 36.6 Å². The molecule has 0 aliphatic carbocycles. The van der Waals surface area contributed by atoms with Crippen molar-refractivity contribution >= 4 is 34.8 Å². The minimum absolute atomic E-state index is 0.00381. The first kappa shape index (κ1) is 24.7. The summed E-state index contributed by atoms with van der Waals surface area (Å²) in [4.78, 5) is 33.4. The molecular formula is C29H30ClN3O2. The van der Waals surface area contributed by atoms with Gasteiger partial charge in [0.05, 0.1) is 11.4 Å². The number of fused-ring (bicyclic) bond motifs is 1. The predicted molar refractivity (Wildman–Crippen MR) is 142 cm³/mol. The van der Waals surface area contributed by atoms with E-state index in [-0.39, 0.29) is 24.3 Å². The van der Waals surface area contributed by atoms with E-state index in [1.54, 1.807) is 17.0 Å². The van der Waals surface area contributed by atoms with Crippen molar-refractivity contribution < 1.29 is 9.59 Å². The van der Waals surface area contributed by atoms with Crippen LogP contribution in [0.1, 0.15) is 42.5 Å². The third-order valence-electron chi connectivity index (χ3n) is 6.43. The first-order valence-corrected chi connectivity index (χ1v) is 12.3. The Hall–Kier alpha value is -3.44. The van der Waals surface area contributed by atoms with Crippen LogP contribution >= 0.6 is 11.6 Å². The second-order valence-electron chi connectivity index (χ2n) is 9.02. The predicted octanol–water partition coefficient (Wildman–Crippen LogP) is 5.56. The number of hydrogen-bond donors (Lipinski definition) is 1. The molecule has 0 saturated heterocycles. The zero-order valence-corrected chi connectivity index (χ0v) is 21.0. The molecule has 1 aliphatic rings. The summed E-state index contributed by atoms with van der Waals surface area (Å²) in [6, 6.07) is 22.6. The van der Waals surface area contributed by atoms with E-state index < -0.39 is 6.04 Å². The van der Waals surface area contributed by atoms with Crippen LogP contribution in [-0.4, -0.2) is 30.1 Å². The molecule has 6 heteroatoms. The van der Waals surface area contributed by atoms with Gasteiger partial charge < -0.3 is 10.2 Å². The molecule has 3 aromatic rings. The van der Waals surface area contributed by atoms with E-state index in [2.05, 4.69) is 5.32 Å². The maximum atomic E-state index is 13.8. The largest absolute Gasteiger partial charge is 0.350 e. The number of amides is 2. The summed E-state index contributed by atoms with van der Waals surface area (Å²) in [6.07, 6.45) is 0.784. The van der Waals surface area contributed by atoms with Crippen molar-refractivity contribution in [1.82, 2.24) is 5.32 Å². The molecule has 0 unspecified atom stereocenters. The molecule has 1 heterocycles. The maximum absolute atomic E-state index is 13.8. The fourth-order valence-corrected chi connectivity index (χ4v) is 4.34. The van der Waals surface area contributed by atoms with Gasteiger partial charge in [0.2, 0.25) is 5.91 Å². The molecule has 0 spiro atoms. The van der Waals surface area contributed by atoms with Crippen LogP contribution in [0.25, 0.3) is 0 Å². The van der Waals surface area contributed by atoms with Crippen LogP contribution in [0.4, 0.5) is 5.69 Å². The number of benzodiazepines with no additional fused rings is 1. The second-order valence-corrected chi connectivity index (χ2v) is 9.46. The molecule has 1 aliphatic heterocycles. The molecule has 0 saturated carbocycles. The fraction of sp³-hybridized carbons (Fsp3) is 0.276. The summed E-state index contributed by atoms with van der Waals surface area (Å²) in [5.41, 5.74) is 5.17. The summed E-state index contributed by atoms with van der Waals surface area (Å²) in [5, 5.41) is 3.50. The third kappa shape index (κ3) is 5.63. The number of halogens is 1. The van der Waals surface area contributed by atoms with Gasteiger partial charge in [-0.1, -0.05) is 92.0 Å². The van der Waals surface area contributed by atoms with Gasteiger partial charge in [0, 0.05) is 22.7 Å². The lowest BCUT2D eigenvalue weighted by atomic mass is 9.98. The van der Waals surface area contributed by atoms with Crippen molar-refractivity contribution in [3.8, 4) is 0 Å². The van der Waals surface area contributed by atoms with Gasteiger partial charge in [-0.3, -0.25) is 14.6 Å². The Bertz CT molecular complexity index is 1240. The van der Waals surface area contributed by atoms with Gasteiger partial charge in [0.15, 0.2) is 0 Å². The number of nitrogens with zero attached hydrogens (tertiary/aromatic N) is 2. The molecule has 2 atom stereocenters. The Labute approximate surface area is 211 Å². The van der Waals surface area contributed by atoms with E-state index in [0.717, 1.165) is 28.7 Å². The van der Waals surface area contributed by atoms with E-state index in [9.17, 15) is 9.59 Å². The van der Waals surface area contributed by atoms with Gasteiger partial charge in [-0.2, -0.15) is 0 Å². The van der Waals surface area contributed by atoms with Crippen LogP contribution in [0.5, 0.6) is 0 Å². The molecule has 0 bridgehead atoms. The number of rotatable bonds is 7. The van der Waals surface area contributed by atoms with Crippen LogP contribution in [0.3, 0.4) is 0 Å². The molecule has 3 aromatic carbocycles. The molecule has 5 nitrogen and oxygen atoms in total. The van der Waals surface area contributed by atoms with Crippen LogP contribution in [-0.2, 0) is 16.1 Å². The highest BCUT2D eigenvalue weighted by Crippen LogP contribution is 2.32. The lowest BCUT2D eigenvalue weighted by molar-refractivity contribution is -0.125.